The molecule has 3 atom stereocenters. The summed E-state index contributed by atoms with van der Waals surface area (Å²) in [5.74, 6) is -1.55. The second-order valence-corrected chi connectivity index (χ2v) is 9.15. The van der Waals surface area contributed by atoms with Gasteiger partial charge in [-0.1, -0.05) is 35.5 Å². The lowest BCUT2D eigenvalue weighted by Gasteiger charge is -2.43. The molecule has 10 heteroatoms. The predicted molar refractivity (Wildman–Crippen MR) is 105 cm³/mol. The number of nitrogens with one attached hydrogen (secondary N) is 1. The summed E-state index contributed by atoms with van der Waals surface area (Å²) in [4.78, 5) is 38.5. The average molecular weight is 419 g/mol. The molecule has 0 aliphatic carbocycles. The molecule has 29 heavy (non-hydrogen) atoms. The summed E-state index contributed by atoms with van der Waals surface area (Å²) >= 11 is 1.38. The van der Waals surface area contributed by atoms with Crippen molar-refractivity contribution in [1.29, 1.82) is 0 Å². The van der Waals surface area contributed by atoms with E-state index in [-0.39, 0.29) is 16.9 Å². The highest BCUT2D eigenvalue weighted by Crippen LogP contribution is 2.50. The van der Waals surface area contributed by atoms with E-state index in [0.29, 0.717) is 11.5 Å². The molecule has 0 radical (unpaired) electrons. The molecule has 2 aliphatic heterocycles. The van der Waals surface area contributed by atoms with Crippen LogP contribution >= 0.6 is 11.8 Å². The molecule has 0 saturated carbocycles. The standard InChI is InChI=1S/C19H19N3O5S.H2O/c1-9-11(12(21-27-9)10-7-5-4-6-8-10)15(23)20-13-16(24)22-14(18(25)26)19(2,3)28-17(13)22;/h4-8,13-14,17H,1-3H3,(H,20,23)(H,25,26);1H2/t13-,14+,17-;/m1./s1. The third kappa shape index (κ3) is 3.18. The van der Waals surface area contributed by atoms with Gasteiger partial charge >= 0.3 is 5.97 Å². The molecular weight excluding hydrogens is 398 g/mol. The van der Waals surface area contributed by atoms with Crippen LogP contribution in [0.1, 0.15) is 30.0 Å². The minimum atomic E-state index is -1.04. The molecule has 2 saturated heterocycles. The number of hydrogen-bond acceptors (Lipinski definition) is 6. The van der Waals surface area contributed by atoms with Gasteiger partial charge in [0.1, 0.15) is 34.5 Å². The molecule has 0 unspecified atom stereocenters. The smallest absolute Gasteiger partial charge is 0.327 e. The normalized spacial score (nSPS) is 24.3. The first kappa shape index (κ1) is 20.9. The van der Waals surface area contributed by atoms with E-state index < -0.39 is 34.1 Å². The van der Waals surface area contributed by atoms with Gasteiger partial charge in [-0.25, -0.2) is 4.79 Å². The fourth-order valence-electron chi connectivity index (χ4n) is 3.79. The highest BCUT2D eigenvalue weighted by molar-refractivity contribution is 8.01. The van der Waals surface area contributed by atoms with Crippen LogP contribution in [0.15, 0.2) is 34.9 Å². The Hall–Kier alpha value is -2.85. The maximum atomic E-state index is 12.9. The number of amides is 2. The quantitative estimate of drug-likeness (QED) is 0.705. The second-order valence-electron chi connectivity index (χ2n) is 7.38. The van der Waals surface area contributed by atoms with Gasteiger partial charge in [0, 0.05) is 10.3 Å². The maximum absolute atomic E-state index is 12.9. The van der Waals surface area contributed by atoms with E-state index in [4.69, 9.17) is 4.52 Å². The summed E-state index contributed by atoms with van der Waals surface area (Å²) in [5, 5.41) is 15.8. The molecule has 3 heterocycles. The van der Waals surface area contributed by atoms with Crippen molar-refractivity contribution in [3.8, 4) is 11.3 Å². The molecule has 154 valence electrons. The lowest BCUT2D eigenvalue weighted by atomic mass is 9.95. The molecule has 4 N–H and O–H groups in total. The van der Waals surface area contributed by atoms with E-state index in [1.54, 1.807) is 20.8 Å². The Morgan fingerprint density at radius 3 is 2.55 bits per heavy atom. The molecule has 1 aromatic carbocycles. The van der Waals surface area contributed by atoms with Gasteiger partial charge < -0.3 is 25.3 Å². The third-order valence-corrected chi connectivity index (χ3v) is 6.67. The molecule has 0 spiro atoms. The zero-order valence-electron chi connectivity index (χ0n) is 16.0. The molecule has 9 nitrogen and oxygen atoms in total. The van der Waals surface area contributed by atoms with Crippen molar-refractivity contribution in [3.63, 3.8) is 0 Å². The van der Waals surface area contributed by atoms with Crippen molar-refractivity contribution in [3.05, 3.63) is 41.7 Å². The summed E-state index contributed by atoms with van der Waals surface area (Å²) < 4.78 is 4.57. The Kier molecular flexibility index (Phi) is 5.18. The molecule has 2 fully saturated rings. The average Bonchev–Trinajstić information content (AvgIpc) is 3.15. The zero-order valence-corrected chi connectivity index (χ0v) is 16.8. The second kappa shape index (κ2) is 7.20. The van der Waals surface area contributed by atoms with Crippen LogP contribution in [0.5, 0.6) is 0 Å². The van der Waals surface area contributed by atoms with Gasteiger partial charge in [-0.2, -0.15) is 0 Å². The first-order valence-electron chi connectivity index (χ1n) is 8.77. The number of rotatable bonds is 4. The SMILES string of the molecule is Cc1onc(-c2ccccc2)c1C(=O)N[C@@H]1C(=O)N2[C@@H]1SC(C)(C)[C@@H]2C(=O)O.O. The van der Waals surface area contributed by atoms with Gasteiger partial charge in [-0.3, -0.25) is 9.59 Å². The predicted octanol–water partition coefficient (Wildman–Crippen LogP) is 1.07. The Morgan fingerprint density at radius 2 is 1.93 bits per heavy atom. The number of carboxylic acids is 1. The molecule has 2 aromatic rings. The minimum absolute atomic E-state index is 0. The molecule has 2 aliphatic rings. The summed E-state index contributed by atoms with van der Waals surface area (Å²) in [6.45, 7) is 5.22. The topological polar surface area (TPSA) is 144 Å². The minimum Gasteiger partial charge on any atom is -0.480 e. The van der Waals surface area contributed by atoms with Crippen LogP contribution in [0.2, 0.25) is 0 Å². The van der Waals surface area contributed by atoms with Crippen LogP contribution < -0.4 is 5.32 Å². The van der Waals surface area contributed by atoms with E-state index in [1.807, 2.05) is 30.3 Å². The number of fused-ring (bicyclic) bond motifs is 1. The van der Waals surface area contributed by atoms with E-state index in [2.05, 4.69) is 10.5 Å². The number of benzene rings is 1. The number of hydrogen-bond donors (Lipinski definition) is 2. The van der Waals surface area contributed by atoms with Crippen molar-refractivity contribution in [2.45, 2.75) is 43.0 Å². The van der Waals surface area contributed by atoms with Gasteiger partial charge in [-0.15, -0.1) is 11.8 Å². The van der Waals surface area contributed by atoms with Gasteiger partial charge in [0.2, 0.25) is 5.91 Å². The Bertz CT molecular complexity index is 974. The highest BCUT2D eigenvalue weighted by atomic mass is 32.2. The van der Waals surface area contributed by atoms with E-state index >= 15 is 0 Å². The number of carbonyl (C=O) groups is 3. The fraction of sp³-hybridized carbons (Fsp3) is 0.368. The molecule has 4 rings (SSSR count). The van der Waals surface area contributed by atoms with Gasteiger partial charge in [0.05, 0.1) is 0 Å². The number of nitrogens with zero attached hydrogens (tertiary/aromatic N) is 2. The first-order valence-corrected chi connectivity index (χ1v) is 9.65. The Labute approximate surface area is 170 Å². The first-order chi connectivity index (χ1) is 13.2. The Balaban J connectivity index is 0.00000240. The van der Waals surface area contributed by atoms with Crippen molar-refractivity contribution in [2.75, 3.05) is 0 Å². The van der Waals surface area contributed by atoms with E-state index in [0.717, 1.165) is 5.56 Å². The molecular formula is C19H21N3O6S. The van der Waals surface area contributed by atoms with Crippen LogP contribution in [0, 0.1) is 6.92 Å². The molecule has 1 aromatic heterocycles. The van der Waals surface area contributed by atoms with Crippen LogP contribution in [-0.4, -0.2) is 60.6 Å². The van der Waals surface area contributed by atoms with Gasteiger partial charge in [-0.05, 0) is 20.8 Å². The third-order valence-electron chi connectivity index (χ3n) is 5.10. The number of carboxylic acid groups (broad SMARTS) is 1. The van der Waals surface area contributed by atoms with Crippen LogP contribution in [0.3, 0.4) is 0 Å². The molecule has 2 amide bonds. The lowest BCUT2D eigenvalue weighted by molar-refractivity contribution is -0.159. The van der Waals surface area contributed by atoms with Crippen LogP contribution in [0.4, 0.5) is 0 Å². The number of β-lactam (4-membered cyclic amide) rings is 1. The summed E-state index contributed by atoms with van der Waals surface area (Å²) in [7, 11) is 0. The number of aromatic nitrogens is 1. The summed E-state index contributed by atoms with van der Waals surface area (Å²) in [5.41, 5.74) is 1.41. The van der Waals surface area contributed by atoms with Gasteiger partial charge in [0.25, 0.3) is 5.91 Å². The van der Waals surface area contributed by atoms with E-state index in [1.165, 1.54) is 16.7 Å². The summed E-state index contributed by atoms with van der Waals surface area (Å²) in [6.07, 6.45) is 0. The van der Waals surface area contributed by atoms with Crippen molar-refractivity contribution < 1.29 is 29.5 Å². The van der Waals surface area contributed by atoms with Crippen molar-refractivity contribution >= 4 is 29.5 Å². The fourth-order valence-corrected chi connectivity index (χ4v) is 5.42. The Morgan fingerprint density at radius 1 is 1.28 bits per heavy atom. The van der Waals surface area contributed by atoms with E-state index in [9.17, 15) is 19.5 Å². The maximum Gasteiger partial charge on any atom is 0.327 e. The number of aliphatic carboxylic acids is 1. The summed E-state index contributed by atoms with van der Waals surface area (Å²) in [6, 6.07) is 7.46. The zero-order chi connectivity index (χ0) is 20.2. The highest BCUT2D eigenvalue weighted by Gasteiger charge is 2.64. The monoisotopic (exact) mass is 419 g/mol. The van der Waals surface area contributed by atoms with Crippen molar-refractivity contribution in [1.82, 2.24) is 15.4 Å². The lowest BCUT2D eigenvalue weighted by Crippen LogP contribution is -2.70. The largest absolute Gasteiger partial charge is 0.480 e. The number of carbonyl (C=O) groups excluding carboxylic acids is 2. The molecule has 0 bridgehead atoms. The number of thioether (sulfide) groups is 1. The van der Waals surface area contributed by atoms with Gasteiger partial charge in [0.15, 0.2) is 0 Å². The van der Waals surface area contributed by atoms with Crippen molar-refractivity contribution in [2.24, 2.45) is 0 Å². The van der Waals surface area contributed by atoms with Crippen LogP contribution in [0.25, 0.3) is 11.3 Å². The van der Waals surface area contributed by atoms with Crippen LogP contribution in [-0.2, 0) is 9.59 Å². The number of aryl methyl sites for hydroxylation is 1.